The first-order chi connectivity index (χ1) is 18.8. The minimum atomic E-state index is -2.04. The van der Waals surface area contributed by atoms with E-state index < -0.39 is 49.9 Å². The Morgan fingerprint density at radius 1 is 1.23 bits per heavy atom. The normalized spacial score (nSPS) is 21.7. The Bertz CT molecular complexity index is 1250. The van der Waals surface area contributed by atoms with Gasteiger partial charge in [0.1, 0.15) is 18.3 Å². The van der Waals surface area contributed by atoms with E-state index in [1.54, 1.807) is 32.3 Å². The number of fused-ring (bicyclic) bond motifs is 1. The summed E-state index contributed by atoms with van der Waals surface area (Å²) in [7, 11) is -0.598. The number of hydrogen-bond acceptors (Lipinski definition) is 12. The second-order valence-corrected chi connectivity index (χ2v) is 12.2. The minimum Gasteiger partial charge on any atom is -0.387 e. The lowest BCUT2D eigenvalue weighted by atomic mass is 10.1. The van der Waals surface area contributed by atoms with Crippen molar-refractivity contribution >= 4 is 25.7 Å². The highest BCUT2D eigenvalue weighted by Crippen LogP contribution is 2.49. The maximum absolute atomic E-state index is 12.6. The quantitative estimate of drug-likeness (QED) is 0.278. The van der Waals surface area contributed by atoms with Crippen LogP contribution in [0.5, 0.6) is 0 Å². The summed E-state index contributed by atoms with van der Waals surface area (Å²) in [5.41, 5.74) is -1.80. The average molecular weight is 580 g/mol. The number of nitrogens with one attached hydrogen (secondary N) is 2. The summed E-state index contributed by atoms with van der Waals surface area (Å²) in [6.45, 7) is 11.5. The number of aliphatic hydroxyl groups is 1. The predicted octanol–water partition coefficient (Wildman–Crippen LogP) is 3.12. The summed E-state index contributed by atoms with van der Waals surface area (Å²) < 4.78 is 31.2. The molecule has 1 fully saturated rings. The largest absolute Gasteiger partial charge is 0.387 e. The molecule has 3 N–H and O–H groups in total. The average Bonchev–Trinajstić information content (AvgIpc) is 3.41. The molecular weight excluding hydrogens is 541 g/mol. The van der Waals surface area contributed by atoms with E-state index in [1.165, 1.54) is 13.4 Å². The number of anilines is 1. The molecule has 2 aromatic rings. The van der Waals surface area contributed by atoms with Crippen molar-refractivity contribution in [1.82, 2.24) is 19.5 Å². The van der Waals surface area contributed by atoms with Crippen LogP contribution in [-0.2, 0) is 23.0 Å². The number of aromatic nitrogens is 4. The zero-order valence-corrected chi connectivity index (χ0v) is 24.8. The Balaban J connectivity index is 1.82. The Morgan fingerprint density at radius 3 is 2.40 bits per heavy atom. The number of hydrogen-bond donors (Lipinski definition) is 3. The highest BCUT2D eigenvalue weighted by Gasteiger charge is 2.46. The molecule has 220 valence electrons. The molecule has 15 heteroatoms. The van der Waals surface area contributed by atoms with Crippen LogP contribution in [0.15, 0.2) is 11.1 Å². The van der Waals surface area contributed by atoms with E-state index in [0.29, 0.717) is 18.4 Å². The number of nitrogens with zero attached hydrogens (tertiary/aromatic N) is 5. The second kappa shape index (κ2) is 13.3. The van der Waals surface area contributed by atoms with Crippen molar-refractivity contribution in [2.24, 2.45) is 5.92 Å². The molecule has 40 heavy (non-hydrogen) atoms. The smallest absolute Gasteiger partial charge is 0.333 e. The van der Waals surface area contributed by atoms with Gasteiger partial charge in [-0.2, -0.15) is 15.5 Å². The van der Waals surface area contributed by atoms with E-state index in [-0.39, 0.29) is 30.6 Å². The van der Waals surface area contributed by atoms with Gasteiger partial charge in [-0.1, -0.05) is 13.8 Å². The highest BCUT2D eigenvalue weighted by molar-refractivity contribution is 7.41. The van der Waals surface area contributed by atoms with Crippen LogP contribution in [0.3, 0.4) is 0 Å². The number of methoxy groups -OCH3 is 1. The van der Waals surface area contributed by atoms with Gasteiger partial charge in [0.05, 0.1) is 49.1 Å². The molecule has 0 spiro atoms. The molecule has 1 aliphatic rings. The van der Waals surface area contributed by atoms with Gasteiger partial charge in [-0.05, 0) is 33.6 Å². The predicted molar refractivity (Wildman–Crippen MR) is 146 cm³/mol. The van der Waals surface area contributed by atoms with Crippen LogP contribution >= 0.6 is 8.60 Å². The summed E-state index contributed by atoms with van der Waals surface area (Å²) in [5, 5.41) is 32.5. The number of aliphatic hydroxyl groups excluding tert-OH is 1. The van der Waals surface area contributed by atoms with Crippen LogP contribution in [0.25, 0.3) is 11.2 Å². The van der Waals surface area contributed by atoms with Gasteiger partial charge in [-0.25, -0.2) is 4.98 Å². The molecule has 2 aromatic heterocycles. The molecular formula is C25H38N7O7P. The molecule has 14 nitrogen and oxygen atoms in total. The molecule has 1 aliphatic heterocycles. The number of imidazole rings is 1. The Morgan fingerprint density at radius 2 is 1.85 bits per heavy atom. The van der Waals surface area contributed by atoms with Gasteiger partial charge in [-0.3, -0.25) is 14.3 Å². The van der Waals surface area contributed by atoms with Crippen molar-refractivity contribution < 1.29 is 28.2 Å². The molecule has 0 aromatic carbocycles. The monoisotopic (exact) mass is 579 g/mol. The van der Waals surface area contributed by atoms with Gasteiger partial charge < -0.3 is 33.5 Å². The van der Waals surface area contributed by atoms with Crippen molar-refractivity contribution in [3.63, 3.8) is 0 Å². The fourth-order valence-corrected chi connectivity index (χ4v) is 5.23. The van der Waals surface area contributed by atoms with Crippen LogP contribution < -0.4 is 10.9 Å². The van der Waals surface area contributed by atoms with Gasteiger partial charge in [-0.15, -0.1) is 0 Å². The van der Waals surface area contributed by atoms with Gasteiger partial charge in [0.2, 0.25) is 5.95 Å². The van der Waals surface area contributed by atoms with Crippen molar-refractivity contribution in [2.75, 3.05) is 25.6 Å². The number of nitriles is 2. The van der Waals surface area contributed by atoms with Gasteiger partial charge in [0.15, 0.2) is 17.4 Å². The zero-order chi connectivity index (χ0) is 29.7. The molecule has 4 atom stereocenters. The molecule has 3 heterocycles. The summed E-state index contributed by atoms with van der Waals surface area (Å²) in [6.07, 6.45) is -2.11. The third-order valence-electron chi connectivity index (χ3n) is 5.97. The maximum Gasteiger partial charge on any atom is 0.333 e. The van der Waals surface area contributed by atoms with Crippen molar-refractivity contribution in [3.05, 3.63) is 16.7 Å². The highest BCUT2D eigenvalue weighted by atomic mass is 31.2. The fraction of sp³-hybridized carbons (Fsp3) is 0.720. The zero-order valence-electron chi connectivity index (χ0n) is 23.9. The fourth-order valence-electron chi connectivity index (χ4n) is 3.89. The van der Waals surface area contributed by atoms with E-state index in [2.05, 4.69) is 32.4 Å². The van der Waals surface area contributed by atoms with Crippen LogP contribution in [-0.4, -0.2) is 74.4 Å². The van der Waals surface area contributed by atoms with Crippen molar-refractivity contribution in [1.29, 1.82) is 10.5 Å². The van der Waals surface area contributed by atoms with Crippen LogP contribution in [0.1, 0.15) is 60.6 Å². The topological polar surface area (TPSA) is 190 Å². The van der Waals surface area contributed by atoms with E-state index in [0.717, 1.165) is 0 Å². The minimum absolute atomic E-state index is 0.0848. The van der Waals surface area contributed by atoms with Crippen LogP contribution in [0.2, 0.25) is 0 Å². The third-order valence-corrected chi connectivity index (χ3v) is 7.61. The van der Waals surface area contributed by atoms with Gasteiger partial charge in [0, 0.05) is 13.7 Å². The van der Waals surface area contributed by atoms with Gasteiger partial charge in [0.25, 0.3) is 5.56 Å². The summed E-state index contributed by atoms with van der Waals surface area (Å²) >= 11 is 0. The Hall–Kier alpha value is -2.68. The standard InChI is InChI=1S/C25H38N7O7P/c1-15(2)12-28-23-30-20-17(21(34)31-23)29-14-32(20)22-19(35-7)18(33)16(37-22)13-36-40(38-24(3,4)8-10-26)39-25(5,6)9-11-27/h14-16,18-19,22,33H,8-9,12-13H2,1-7H3,(H2,28,30,31,34)/t16-,18-,19-,22-/m1/s1. The van der Waals surface area contributed by atoms with Crippen LogP contribution in [0, 0.1) is 28.6 Å². The number of aromatic amines is 1. The van der Waals surface area contributed by atoms with Gasteiger partial charge >= 0.3 is 8.60 Å². The number of ether oxygens (including phenoxy) is 2. The molecule has 0 saturated carbocycles. The molecule has 0 aliphatic carbocycles. The number of rotatable bonds is 14. The first-order valence-electron chi connectivity index (χ1n) is 12.9. The SMILES string of the molecule is CO[C@@H]1[C@H](O)[C@@H](COP(OC(C)(C)CC#N)OC(C)(C)CC#N)O[C@H]1n1cnc2c(=O)[nH]c(NCC(C)C)nc21. The lowest BCUT2D eigenvalue weighted by molar-refractivity contribution is -0.0611. The first-order valence-corrected chi connectivity index (χ1v) is 14.0. The molecule has 0 bridgehead atoms. The lowest BCUT2D eigenvalue weighted by Gasteiger charge is -2.32. The molecule has 3 rings (SSSR count). The lowest BCUT2D eigenvalue weighted by Crippen LogP contribution is -2.35. The van der Waals surface area contributed by atoms with E-state index in [1.807, 2.05) is 13.8 Å². The molecule has 0 radical (unpaired) electrons. The molecule has 0 unspecified atom stereocenters. The van der Waals surface area contributed by atoms with Crippen molar-refractivity contribution in [2.45, 2.75) is 90.1 Å². The second-order valence-electron chi connectivity index (χ2n) is 11.2. The van der Waals surface area contributed by atoms with E-state index >= 15 is 0 Å². The van der Waals surface area contributed by atoms with E-state index in [4.69, 9.17) is 33.6 Å². The maximum atomic E-state index is 12.6. The third kappa shape index (κ3) is 7.95. The molecule has 1 saturated heterocycles. The first kappa shape index (κ1) is 31.8. The Labute approximate surface area is 234 Å². The summed E-state index contributed by atoms with van der Waals surface area (Å²) in [4.78, 5) is 24.0. The Kier molecular flexibility index (Phi) is 10.6. The van der Waals surface area contributed by atoms with Crippen molar-refractivity contribution in [3.8, 4) is 12.1 Å². The summed E-state index contributed by atoms with van der Waals surface area (Å²) in [6, 6.07) is 4.15. The molecule has 0 amide bonds. The number of H-pyrrole nitrogens is 1. The van der Waals surface area contributed by atoms with Crippen LogP contribution in [0.4, 0.5) is 5.95 Å². The summed E-state index contributed by atoms with van der Waals surface area (Å²) in [5.74, 6) is 0.618. The van der Waals surface area contributed by atoms with E-state index in [9.17, 15) is 9.90 Å².